The van der Waals surface area contributed by atoms with Crippen molar-refractivity contribution in [2.75, 3.05) is 0 Å². The first kappa shape index (κ1) is 28.5. The van der Waals surface area contributed by atoms with Gasteiger partial charge in [0.2, 0.25) is 0 Å². The molecule has 0 aliphatic carbocycles. The third kappa shape index (κ3) is 6.49. The Morgan fingerprint density at radius 1 is 0.707 bits per heavy atom. The van der Waals surface area contributed by atoms with Crippen LogP contribution in [0.3, 0.4) is 0 Å². The fourth-order valence-corrected chi connectivity index (χ4v) is 7.88. The number of hydrogen-bond acceptors (Lipinski definition) is 4. The quantitative estimate of drug-likeness (QED) is 0.187. The van der Waals surface area contributed by atoms with Crippen LogP contribution in [0.4, 0.5) is 13.2 Å². The van der Waals surface area contributed by atoms with Crippen LogP contribution in [0.25, 0.3) is 10.8 Å². The summed E-state index contributed by atoms with van der Waals surface area (Å²) in [5.74, 6) is -0.668. The maximum absolute atomic E-state index is 13.7. The summed E-state index contributed by atoms with van der Waals surface area (Å²) in [6.45, 7) is 0. The molecular weight excluding hydrogens is 548 g/mol. The van der Waals surface area contributed by atoms with E-state index >= 15 is 0 Å². The zero-order chi connectivity index (χ0) is 28.9. The number of carbonyl (C=O) groups excluding carboxylic acids is 1. The van der Waals surface area contributed by atoms with Crippen LogP contribution in [0.5, 0.6) is 0 Å². The number of benzene rings is 5. The van der Waals surface area contributed by atoms with Crippen LogP contribution < -0.4 is 10.6 Å². The van der Waals surface area contributed by atoms with Gasteiger partial charge in [-0.15, -0.1) is 0 Å². The monoisotopic (exact) mass is 576 g/mol. The first-order valence-corrected chi connectivity index (χ1v) is 14.9. The van der Waals surface area contributed by atoms with Crippen LogP contribution in [0.2, 0.25) is 0 Å². The zero-order valence-electron chi connectivity index (χ0n) is 21.9. The van der Waals surface area contributed by atoms with Crippen LogP contribution in [-0.2, 0) is 9.05 Å². The number of alkyl halides is 3. The second-order valence-corrected chi connectivity index (χ2v) is 12.4. The molecule has 8 heteroatoms. The average Bonchev–Trinajstić information content (AvgIpc) is 3.00. The molecule has 41 heavy (non-hydrogen) atoms. The molecule has 0 fully saturated rings. The Bertz CT molecular complexity index is 1560. The predicted molar refractivity (Wildman–Crippen MR) is 157 cm³/mol. The Hall–Kier alpha value is -4.03. The van der Waals surface area contributed by atoms with Crippen molar-refractivity contribution in [3.8, 4) is 0 Å². The van der Waals surface area contributed by atoms with Gasteiger partial charge < -0.3 is 0 Å². The molecule has 0 aliphatic rings. The Morgan fingerprint density at radius 3 is 1.78 bits per heavy atom. The van der Waals surface area contributed by atoms with Gasteiger partial charge in [0, 0.05) is 0 Å². The maximum atomic E-state index is 13.7. The molecule has 0 aromatic heterocycles. The SMILES string of the molecule is O=C(O[PH](OC(CC(O)C(F)(F)F)c1ccc2ccccc2c1)(c1ccccc1)c1ccccc1)c1ccccc1. The van der Waals surface area contributed by atoms with Crippen LogP contribution >= 0.6 is 7.72 Å². The summed E-state index contributed by atoms with van der Waals surface area (Å²) in [4.78, 5) is 13.6. The van der Waals surface area contributed by atoms with E-state index in [4.69, 9.17) is 9.05 Å². The molecule has 5 aromatic rings. The molecule has 2 unspecified atom stereocenters. The molecule has 1 N–H and O–H groups in total. The van der Waals surface area contributed by atoms with Gasteiger partial charge in [-0.25, -0.2) is 0 Å². The molecule has 0 saturated heterocycles. The normalized spacial score (nSPS) is 13.9. The van der Waals surface area contributed by atoms with Crippen LogP contribution in [0.15, 0.2) is 133 Å². The Morgan fingerprint density at radius 2 is 1.22 bits per heavy atom. The van der Waals surface area contributed by atoms with E-state index in [-0.39, 0.29) is 5.56 Å². The number of aliphatic hydroxyl groups excluding tert-OH is 1. The fourth-order valence-electron chi connectivity index (χ4n) is 4.72. The number of aliphatic hydroxyl groups is 1. The molecule has 5 aromatic carbocycles. The van der Waals surface area contributed by atoms with Gasteiger partial charge >= 0.3 is 237 Å². The molecule has 5 rings (SSSR count). The Labute approximate surface area is 236 Å². The van der Waals surface area contributed by atoms with Gasteiger partial charge in [0.05, 0.1) is 0 Å². The number of rotatable bonds is 9. The van der Waals surface area contributed by atoms with Crippen molar-refractivity contribution in [3.63, 3.8) is 0 Å². The molecule has 0 heterocycles. The average molecular weight is 577 g/mol. The van der Waals surface area contributed by atoms with Gasteiger partial charge in [-0.2, -0.15) is 0 Å². The topological polar surface area (TPSA) is 55.8 Å². The van der Waals surface area contributed by atoms with Gasteiger partial charge in [-0.05, 0) is 0 Å². The number of hydrogen-bond donors (Lipinski definition) is 1. The van der Waals surface area contributed by atoms with Crippen molar-refractivity contribution in [2.45, 2.75) is 24.8 Å². The summed E-state index contributed by atoms with van der Waals surface area (Å²) >= 11 is 0. The van der Waals surface area contributed by atoms with Crippen LogP contribution in [-0.4, -0.2) is 23.4 Å². The molecule has 0 bridgehead atoms. The molecule has 0 saturated carbocycles. The van der Waals surface area contributed by atoms with E-state index in [1.807, 2.05) is 24.3 Å². The van der Waals surface area contributed by atoms with Gasteiger partial charge in [-0.3, -0.25) is 0 Å². The molecule has 210 valence electrons. The molecule has 0 amide bonds. The number of carbonyl (C=O) groups is 1. The van der Waals surface area contributed by atoms with E-state index in [2.05, 4.69) is 0 Å². The number of halogens is 3. The summed E-state index contributed by atoms with van der Waals surface area (Å²) in [7, 11) is -4.06. The first-order chi connectivity index (χ1) is 19.8. The standard InChI is InChI=1S/C33H28F3O4P/c34-33(35,36)31(37)23-30(27-21-20-24-12-10-11-15-26(24)22-27)39-41(28-16-6-2-7-17-28,29-18-8-3-9-19-29)40-32(38)25-13-4-1-5-14-25/h1-22,30-31,37,41H,23H2. The van der Waals surface area contributed by atoms with Crippen molar-refractivity contribution in [1.82, 2.24) is 0 Å². The Balaban J connectivity index is 1.69. The molecule has 2 atom stereocenters. The van der Waals surface area contributed by atoms with Crippen molar-refractivity contribution in [2.24, 2.45) is 0 Å². The third-order valence-electron chi connectivity index (χ3n) is 6.82. The molecule has 0 aliphatic heterocycles. The Kier molecular flexibility index (Phi) is 8.50. The molecule has 4 nitrogen and oxygen atoms in total. The predicted octanol–water partition coefficient (Wildman–Crippen LogP) is 7.30. The minimum absolute atomic E-state index is 0.275. The van der Waals surface area contributed by atoms with Crippen molar-refractivity contribution in [3.05, 3.63) is 145 Å². The summed E-state index contributed by atoms with van der Waals surface area (Å²) in [5, 5.41) is 13.0. The zero-order valence-corrected chi connectivity index (χ0v) is 22.9. The minimum atomic E-state index is -4.87. The van der Waals surface area contributed by atoms with Crippen LogP contribution in [0, 0.1) is 0 Å². The van der Waals surface area contributed by atoms with E-state index in [0.29, 0.717) is 16.2 Å². The van der Waals surface area contributed by atoms with E-state index in [0.717, 1.165) is 10.8 Å². The summed E-state index contributed by atoms with van der Waals surface area (Å²) < 4.78 is 54.2. The first-order valence-electron chi connectivity index (χ1n) is 13.1. The fraction of sp³-hybridized carbons (Fsp3) is 0.121. The van der Waals surface area contributed by atoms with Crippen molar-refractivity contribution in [1.29, 1.82) is 0 Å². The van der Waals surface area contributed by atoms with Crippen molar-refractivity contribution >= 4 is 35.1 Å². The second-order valence-electron chi connectivity index (χ2n) is 9.61. The van der Waals surface area contributed by atoms with E-state index in [1.165, 1.54) is 0 Å². The summed E-state index contributed by atoms with van der Waals surface area (Å²) in [5.41, 5.74) is 0.698. The van der Waals surface area contributed by atoms with E-state index < -0.39 is 38.5 Å². The third-order valence-corrected chi connectivity index (χ3v) is 10.1. The second kappa shape index (κ2) is 12.2. The van der Waals surface area contributed by atoms with Gasteiger partial charge in [0.1, 0.15) is 0 Å². The summed E-state index contributed by atoms with van der Waals surface area (Å²) in [6.07, 6.45) is -9.60. The van der Waals surface area contributed by atoms with Crippen molar-refractivity contribution < 1.29 is 32.1 Å². The van der Waals surface area contributed by atoms with Gasteiger partial charge in [0.25, 0.3) is 0 Å². The summed E-state index contributed by atoms with van der Waals surface area (Å²) in [6, 6.07) is 38.7. The number of fused-ring (bicyclic) bond motifs is 1. The van der Waals surface area contributed by atoms with Gasteiger partial charge in [0.15, 0.2) is 0 Å². The van der Waals surface area contributed by atoms with Crippen LogP contribution in [0.1, 0.15) is 28.4 Å². The van der Waals surface area contributed by atoms with E-state index in [1.54, 1.807) is 109 Å². The van der Waals surface area contributed by atoms with Gasteiger partial charge in [-0.1, -0.05) is 0 Å². The van der Waals surface area contributed by atoms with E-state index in [9.17, 15) is 23.1 Å². The molecule has 0 radical (unpaired) electrons. The molecule has 0 spiro atoms. The molecular formula is C33H28F3O4P.